The number of hydrogen-bond acceptors (Lipinski definition) is 3. The van der Waals surface area contributed by atoms with Gasteiger partial charge in [0, 0.05) is 19.0 Å². The summed E-state index contributed by atoms with van der Waals surface area (Å²) in [6.45, 7) is 12.6. The van der Waals surface area contributed by atoms with Gasteiger partial charge in [-0.05, 0) is 48.6 Å². The molecule has 0 bridgehead atoms. The number of rotatable bonds is 8. The molecule has 5 nitrogen and oxygen atoms in total. The van der Waals surface area contributed by atoms with Crippen molar-refractivity contribution in [1.82, 2.24) is 10.2 Å². The molecule has 1 aliphatic rings. The van der Waals surface area contributed by atoms with Gasteiger partial charge in [0.05, 0.1) is 6.04 Å². The first-order valence-corrected chi connectivity index (χ1v) is 11.4. The van der Waals surface area contributed by atoms with Gasteiger partial charge in [0.25, 0.3) is 5.91 Å². The average molecular weight is 435 g/mol. The molecule has 0 aliphatic carbocycles. The van der Waals surface area contributed by atoms with Gasteiger partial charge in [-0.2, -0.15) is 0 Å². The molecule has 0 aromatic heterocycles. The third-order valence-corrected chi connectivity index (χ3v) is 5.88. The predicted molar refractivity (Wildman–Crippen MR) is 128 cm³/mol. The number of hydrogen-bond donors (Lipinski definition) is 1. The molecule has 2 unspecified atom stereocenters. The zero-order valence-corrected chi connectivity index (χ0v) is 19.6. The Morgan fingerprint density at radius 1 is 1.22 bits per heavy atom. The number of carbonyl (C=O) groups excluding carboxylic acids is 2. The van der Waals surface area contributed by atoms with Crippen molar-refractivity contribution in [2.24, 2.45) is 5.92 Å². The van der Waals surface area contributed by atoms with Crippen LogP contribution in [0, 0.1) is 12.8 Å². The van der Waals surface area contributed by atoms with Crippen molar-refractivity contribution >= 4 is 11.8 Å². The summed E-state index contributed by atoms with van der Waals surface area (Å²) in [5, 5.41) is 2.81. The molecule has 2 atom stereocenters. The quantitative estimate of drug-likeness (QED) is 0.619. The van der Waals surface area contributed by atoms with Crippen LogP contribution in [0.4, 0.5) is 0 Å². The smallest absolute Gasteiger partial charge is 0.261 e. The maximum absolute atomic E-state index is 13.1. The standard InChI is InChI=1S/C27H34N2O3/c1-6-15-28-26(30)24(7-2)32-22-13-12-20-14-16-29(27(31)18(3)4)25(23(20)17-22)21-10-8-19(5)9-11-21/h6,8-13,17-18,24-25H,1,7,14-16H2,2-5H3,(H,28,30). The lowest BCUT2D eigenvalue weighted by Crippen LogP contribution is -2.42. The lowest BCUT2D eigenvalue weighted by Gasteiger charge is -2.39. The van der Waals surface area contributed by atoms with E-state index in [1.165, 1.54) is 11.1 Å². The third-order valence-electron chi connectivity index (χ3n) is 5.88. The van der Waals surface area contributed by atoms with Gasteiger partial charge in [-0.15, -0.1) is 6.58 Å². The Morgan fingerprint density at radius 2 is 1.94 bits per heavy atom. The summed E-state index contributed by atoms with van der Waals surface area (Å²) in [5.41, 5.74) is 4.53. The van der Waals surface area contributed by atoms with Crippen molar-refractivity contribution in [3.63, 3.8) is 0 Å². The first-order valence-electron chi connectivity index (χ1n) is 11.4. The van der Waals surface area contributed by atoms with Crippen LogP contribution >= 0.6 is 0 Å². The van der Waals surface area contributed by atoms with E-state index >= 15 is 0 Å². The molecular formula is C27H34N2O3. The molecule has 32 heavy (non-hydrogen) atoms. The van der Waals surface area contributed by atoms with E-state index in [-0.39, 0.29) is 23.8 Å². The summed E-state index contributed by atoms with van der Waals surface area (Å²) in [7, 11) is 0. The Morgan fingerprint density at radius 3 is 2.56 bits per heavy atom. The highest BCUT2D eigenvalue weighted by molar-refractivity contribution is 5.81. The fourth-order valence-corrected chi connectivity index (χ4v) is 4.12. The molecule has 2 amide bonds. The van der Waals surface area contributed by atoms with Gasteiger partial charge in [-0.1, -0.05) is 62.7 Å². The number of aryl methyl sites for hydroxylation is 1. The van der Waals surface area contributed by atoms with Crippen molar-refractivity contribution in [2.75, 3.05) is 13.1 Å². The molecule has 1 aliphatic heterocycles. The van der Waals surface area contributed by atoms with Crippen molar-refractivity contribution in [1.29, 1.82) is 0 Å². The zero-order valence-electron chi connectivity index (χ0n) is 19.6. The van der Waals surface area contributed by atoms with Crippen LogP contribution in [0.25, 0.3) is 0 Å². The lowest BCUT2D eigenvalue weighted by atomic mass is 9.87. The Labute approximate surface area is 191 Å². The van der Waals surface area contributed by atoms with Gasteiger partial charge in [0.2, 0.25) is 5.91 Å². The topological polar surface area (TPSA) is 58.6 Å². The second kappa shape index (κ2) is 10.5. The van der Waals surface area contributed by atoms with Crippen molar-refractivity contribution < 1.29 is 14.3 Å². The molecule has 2 aromatic carbocycles. The van der Waals surface area contributed by atoms with E-state index in [4.69, 9.17) is 4.74 Å². The molecule has 1 heterocycles. The number of benzene rings is 2. The van der Waals surface area contributed by atoms with Crippen molar-refractivity contribution in [3.05, 3.63) is 77.4 Å². The maximum Gasteiger partial charge on any atom is 0.261 e. The second-order valence-electron chi connectivity index (χ2n) is 8.66. The third kappa shape index (κ3) is 5.21. The van der Waals surface area contributed by atoms with E-state index in [0.717, 1.165) is 17.5 Å². The van der Waals surface area contributed by atoms with Gasteiger partial charge in [-0.3, -0.25) is 9.59 Å². The molecule has 1 N–H and O–H groups in total. The number of carbonyl (C=O) groups is 2. The van der Waals surface area contributed by atoms with Crippen LogP contribution < -0.4 is 10.1 Å². The van der Waals surface area contributed by atoms with E-state index < -0.39 is 6.10 Å². The highest BCUT2D eigenvalue weighted by atomic mass is 16.5. The van der Waals surface area contributed by atoms with Crippen molar-refractivity contribution in [2.45, 2.75) is 52.7 Å². The SMILES string of the molecule is C=CCNC(=O)C(CC)Oc1ccc2c(c1)C(c1ccc(C)cc1)N(C(=O)C(C)C)CC2. The number of ether oxygens (including phenoxy) is 1. The van der Waals surface area contributed by atoms with E-state index in [1.54, 1.807) is 6.08 Å². The summed E-state index contributed by atoms with van der Waals surface area (Å²) in [5.74, 6) is 0.543. The van der Waals surface area contributed by atoms with Crippen LogP contribution in [0.3, 0.4) is 0 Å². The predicted octanol–water partition coefficient (Wildman–Crippen LogP) is 4.58. The van der Waals surface area contributed by atoms with Crippen LogP contribution in [0.5, 0.6) is 5.75 Å². The summed E-state index contributed by atoms with van der Waals surface area (Å²) in [4.78, 5) is 27.5. The Bertz CT molecular complexity index is 965. The molecule has 0 radical (unpaired) electrons. The number of nitrogens with zero attached hydrogens (tertiary/aromatic N) is 1. The van der Waals surface area contributed by atoms with Gasteiger partial charge >= 0.3 is 0 Å². The fourth-order valence-electron chi connectivity index (χ4n) is 4.12. The van der Waals surface area contributed by atoms with E-state index in [9.17, 15) is 9.59 Å². The van der Waals surface area contributed by atoms with E-state index in [0.29, 0.717) is 25.3 Å². The van der Waals surface area contributed by atoms with Crippen LogP contribution in [0.15, 0.2) is 55.1 Å². The molecule has 3 rings (SSSR count). The Hall–Kier alpha value is -3.08. The first-order chi connectivity index (χ1) is 15.3. The lowest BCUT2D eigenvalue weighted by molar-refractivity contribution is -0.136. The first kappa shape index (κ1) is 23.6. The van der Waals surface area contributed by atoms with Crippen molar-refractivity contribution in [3.8, 4) is 5.75 Å². The minimum absolute atomic E-state index is 0.0815. The average Bonchev–Trinajstić information content (AvgIpc) is 2.80. The monoisotopic (exact) mass is 434 g/mol. The number of fused-ring (bicyclic) bond motifs is 1. The molecule has 0 saturated heterocycles. The highest BCUT2D eigenvalue weighted by Gasteiger charge is 2.33. The zero-order chi connectivity index (χ0) is 23.3. The van der Waals surface area contributed by atoms with Crippen LogP contribution in [-0.2, 0) is 16.0 Å². The fraction of sp³-hybridized carbons (Fsp3) is 0.407. The molecule has 0 fully saturated rings. The molecule has 0 spiro atoms. The van der Waals surface area contributed by atoms with Gasteiger partial charge in [0.15, 0.2) is 6.10 Å². The molecule has 5 heteroatoms. The number of nitrogens with one attached hydrogen (secondary N) is 1. The van der Waals surface area contributed by atoms with Gasteiger partial charge in [-0.25, -0.2) is 0 Å². The van der Waals surface area contributed by atoms with Gasteiger partial charge in [0.1, 0.15) is 5.75 Å². The molecule has 0 saturated carbocycles. The normalized spacial score (nSPS) is 16.3. The minimum Gasteiger partial charge on any atom is -0.481 e. The molecule has 170 valence electrons. The Balaban J connectivity index is 1.98. The van der Waals surface area contributed by atoms with Crippen LogP contribution in [-0.4, -0.2) is 35.9 Å². The summed E-state index contributed by atoms with van der Waals surface area (Å²) in [6.07, 6.45) is 2.42. The van der Waals surface area contributed by atoms with Crippen LogP contribution in [0.1, 0.15) is 55.5 Å². The Kier molecular flexibility index (Phi) is 7.73. The van der Waals surface area contributed by atoms with E-state index in [1.807, 2.05) is 37.8 Å². The summed E-state index contributed by atoms with van der Waals surface area (Å²) in [6, 6.07) is 14.2. The minimum atomic E-state index is -0.581. The largest absolute Gasteiger partial charge is 0.481 e. The summed E-state index contributed by atoms with van der Waals surface area (Å²) < 4.78 is 6.09. The van der Waals surface area contributed by atoms with Crippen LogP contribution in [0.2, 0.25) is 0 Å². The maximum atomic E-state index is 13.1. The summed E-state index contributed by atoms with van der Waals surface area (Å²) >= 11 is 0. The molecular weight excluding hydrogens is 400 g/mol. The highest BCUT2D eigenvalue weighted by Crippen LogP contribution is 2.38. The van der Waals surface area contributed by atoms with E-state index in [2.05, 4.69) is 49.2 Å². The van der Waals surface area contributed by atoms with Gasteiger partial charge < -0.3 is 15.0 Å². The second-order valence-corrected chi connectivity index (χ2v) is 8.66. The number of amides is 2. The molecule has 2 aromatic rings.